The van der Waals surface area contributed by atoms with Gasteiger partial charge in [0.15, 0.2) is 10.8 Å². The zero-order chi connectivity index (χ0) is 18.8. The molecule has 134 valence electrons. The van der Waals surface area contributed by atoms with Gasteiger partial charge in [-0.2, -0.15) is 0 Å². The molecule has 0 N–H and O–H groups in total. The maximum atomic E-state index is 13.1. The van der Waals surface area contributed by atoms with E-state index >= 15 is 0 Å². The van der Waals surface area contributed by atoms with E-state index in [0.29, 0.717) is 28.4 Å². The van der Waals surface area contributed by atoms with Crippen molar-refractivity contribution in [1.29, 1.82) is 0 Å². The normalized spacial score (nSPS) is 10.9. The minimum Gasteiger partial charge on any atom is -0.280 e. The second-order valence-corrected chi connectivity index (χ2v) is 6.70. The molecule has 0 aliphatic heterocycles. The molecule has 7 nitrogen and oxygen atoms in total. The summed E-state index contributed by atoms with van der Waals surface area (Å²) in [6.07, 6.45) is 3.21. The highest BCUT2D eigenvalue weighted by Gasteiger charge is 2.21. The van der Waals surface area contributed by atoms with Crippen LogP contribution in [0.5, 0.6) is 0 Å². The van der Waals surface area contributed by atoms with Gasteiger partial charge in [0.1, 0.15) is 5.52 Å². The SMILES string of the molecule is C=CCN(C(=O)c1cnc2c(c1)nnn2C)c1nc(-c2ccccc2)cs1. The van der Waals surface area contributed by atoms with Crippen molar-refractivity contribution in [3.63, 3.8) is 0 Å². The zero-order valence-corrected chi connectivity index (χ0v) is 15.4. The van der Waals surface area contributed by atoms with Gasteiger partial charge in [0.25, 0.3) is 5.91 Å². The quantitative estimate of drug-likeness (QED) is 0.499. The number of benzene rings is 1. The molecule has 0 radical (unpaired) electrons. The first kappa shape index (κ1) is 17.0. The molecule has 0 bridgehead atoms. The number of carbonyl (C=O) groups excluding carboxylic acids is 1. The van der Waals surface area contributed by atoms with Crippen molar-refractivity contribution >= 4 is 33.5 Å². The van der Waals surface area contributed by atoms with E-state index in [1.54, 1.807) is 28.8 Å². The third kappa shape index (κ3) is 3.22. The third-order valence-corrected chi connectivity index (χ3v) is 4.90. The van der Waals surface area contributed by atoms with E-state index < -0.39 is 0 Å². The lowest BCUT2D eigenvalue weighted by Gasteiger charge is -2.17. The Labute approximate surface area is 159 Å². The van der Waals surface area contributed by atoms with Crippen LogP contribution in [0.15, 0.2) is 60.6 Å². The van der Waals surface area contributed by atoms with Crippen LogP contribution in [0.3, 0.4) is 0 Å². The van der Waals surface area contributed by atoms with Gasteiger partial charge in [-0.1, -0.05) is 41.6 Å². The number of fused-ring (bicyclic) bond motifs is 1. The second-order valence-electron chi connectivity index (χ2n) is 5.87. The van der Waals surface area contributed by atoms with Crippen molar-refractivity contribution in [2.45, 2.75) is 0 Å². The minimum atomic E-state index is -0.205. The van der Waals surface area contributed by atoms with Crippen LogP contribution in [0.1, 0.15) is 10.4 Å². The molecule has 1 amide bonds. The van der Waals surface area contributed by atoms with Crippen LogP contribution < -0.4 is 4.90 Å². The fourth-order valence-electron chi connectivity index (χ4n) is 2.71. The standard InChI is InChI=1S/C19H16N6OS/c1-3-9-25(19-21-16(12-27-19)13-7-5-4-6-8-13)18(26)14-10-15-17(20-11-14)24(2)23-22-15/h3-8,10-12H,1,9H2,2H3. The molecule has 0 unspecified atom stereocenters. The summed E-state index contributed by atoms with van der Waals surface area (Å²) in [6, 6.07) is 11.6. The van der Waals surface area contributed by atoms with Crippen molar-refractivity contribution in [2.75, 3.05) is 11.4 Å². The van der Waals surface area contributed by atoms with Crippen molar-refractivity contribution in [3.8, 4) is 11.3 Å². The molecule has 27 heavy (non-hydrogen) atoms. The van der Waals surface area contributed by atoms with E-state index in [0.717, 1.165) is 11.3 Å². The predicted molar refractivity (Wildman–Crippen MR) is 106 cm³/mol. The number of aryl methyl sites for hydroxylation is 1. The van der Waals surface area contributed by atoms with Crippen LogP contribution in [0.4, 0.5) is 5.13 Å². The highest BCUT2D eigenvalue weighted by Crippen LogP contribution is 2.28. The molecule has 3 heterocycles. The number of carbonyl (C=O) groups is 1. The fraction of sp³-hybridized carbons (Fsp3) is 0.105. The average molecular weight is 376 g/mol. The minimum absolute atomic E-state index is 0.205. The molecule has 0 saturated heterocycles. The van der Waals surface area contributed by atoms with Gasteiger partial charge in [-0.3, -0.25) is 9.69 Å². The lowest BCUT2D eigenvalue weighted by Crippen LogP contribution is -2.31. The fourth-order valence-corrected chi connectivity index (χ4v) is 3.55. The van der Waals surface area contributed by atoms with Crippen LogP contribution in [0.2, 0.25) is 0 Å². The molecule has 0 spiro atoms. The Kier molecular flexibility index (Phi) is 4.47. The molecule has 1 aromatic carbocycles. The third-order valence-electron chi connectivity index (χ3n) is 4.04. The van der Waals surface area contributed by atoms with Crippen LogP contribution in [0, 0.1) is 0 Å². The Morgan fingerprint density at radius 1 is 1.33 bits per heavy atom. The first-order chi connectivity index (χ1) is 13.2. The Balaban J connectivity index is 1.68. The highest BCUT2D eigenvalue weighted by molar-refractivity contribution is 7.14. The average Bonchev–Trinajstić information content (AvgIpc) is 3.33. The van der Waals surface area contributed by atoms with E-state index in [-0.39, 0.29) is 5.91 Å². The predicted octanol–water partition coefficient (Wildman–Crippen LogP) is 3.32. The maximum absolute atomic E-state index is 13.1. The molecular weight excluding hydrogens is 360 g/mol. The van der Waals surface area contributed by atoms with Crippen molar-refractivity contribution in [1.82, 2.24) is 25.0 Å². The number of aromatic nitrogens is 5. The molecule has 4 rings (SSSR count). The number of thiazole rings is 1. The van der Waals surface area contributed by atoms with Crippen molar-refractivity contribution in [2.24, 2.45) is 7.05 Å². The van der Waals surface area contributed by atoms with Crippen LogP contribution in [-0.2, 0) is 7.05 Å². The van der Waals surface area contributed by atoms with Crippen molar-refractivity contribution < 1.29 is 4.79 Å². The van der Waals surface area contributed by atoms with Crippen LogP contribution >= 0.6 is 11.3 Å². The summed E-state index contributed by atoms with van der Waals surface area (Å²) in [4.78, 5) is 23.6. The summed E-state index contributed by atoms with van der Waals surface area (Å²) < 4.78 is 1.57. The van der Waals surface area contributed by atoms with Gasteiger partial charge in [-0.05, 0) is 6.07 Å². The van der Waals surface area contributed by atoms with Gasteiger partial charge < -0.3 is 0 Å². The van der Waals surface area contributed by atoms with Gasteiger partial charge in [-0.25, -0.2) is 14.6 Å². The molecule has 0 aliphatic rings. The molecule has 0 atom stereocenters. The number of rotatable bonds is 5. The first-order valence-corrected chi connectivity index (χ1v) is 9.14. The number of hydrogen-bond acceptors (Lipinski definition) is 6. The Bertz CT molecular complexity index is 1120. The molecule has 0 fully saturated rings. The molecule has 8 heteroatoms. The molecule has 0 aliphatic carbocycles. The van der Waals surface area contributed by atoms with E-state index in [1.807, 2.05) is 35.7 Å². The summed E-state index contributed by atoms with van der Waals surface area (Å²) in [5.41, 5.74) is 3.48. The lowest BCUT2D eigenvalue weighted by atomic mass is 10.2. The summed E-state index contributed by atoms with van der Waals surface area (Å²) in [5.74, 6) is -0.205. The zero-order valence-electron chi connectivity index (χ0n) is 14.6. The Morgan fingerprint density at radius 3 is 2.93 bits per heavy atom. The van der Waals surface area contributed by atoms with E-state index in [1.165, 1.54) is 17.5 Å². The summed E-state index contributed by atoms with van der Waals surface area (Å²) in [7, 11) is 1.76. The summed E-state index contributed by atoms with van der Waals surface area (Å²) in [6.45, 7) is 4.11. The second kappa shape index (κ2) is 7.08. The van der Waals surface area contributed by atoms with E-state index in [2.05, 4.69) is 26.9 Å². The number of nitrogens with zero attached hydrogens (tertiary/aromatic N) is 6. The van der Waals surface area contributed by atoms with Crippen LogP contribution in [0.25, 0.3) is 22.4 Å². The van der Waals surface area contributed by atoms with E-state index in [9.17, 15) is 4.79 Å². The van der Waals surface area contributed by atoms with Crippen molar-refractivity contribution in [3.05, 3.63) is 66.2 Å². The van der Waals surface area contributed by atoms with E-state index in [4.69, 9.17) is 0 Å². The number of anilines is 1. The van der Waals surface area contributed by atoms with Gasteiger partial charge in [0.05, 0.1) is 11.3 Å². The van der Waals surface area contributed by atoms with Gasteiger partial charge in [-0.15, -0.1) is 23.0 Å². The number of amides is 1. The number of hydrogen-bond donors (Lipinski definition) is 0. The molecule has 0 saturated carbocycles. The lowest BCUT2D eigenvalue weighted by molar-refractivity contribution is 0.0989. The maximum Gasteiger partial charge on any atom is 0.262 e. The first-order valence-electron chi connectivity index (χ1n) is 8.26. The largest absolute Gasteiger partial charge is 0.280 e. The topological polar surface area (TPSA) is 76.8 Å². The smallest absolute Gasteiger partial charge is 0.262 e. The molecular formula is C19H16N6OS. The number of pyridine rings is 1. The highest BCUT2D eigenvalue weighted by atomic mass is 32.1. The Morgan fingerprint density at radius 2 is 2.15 bits per heavy atom. The summed E-state index contributed by atoms with van der Waals surface area (Å²) >= 11 is 1.42. The van der Waals surface area contributed by atoms with Gasteiger partial charge in [0, 0.05) is 30.7 Å². The van der Waals surface area contributed by atoms with Gasteiger partial charge >= 0.3 is 0 Å². The van der Waals surface area contributed by atoms with Crippen LogP contribution in [-0.4, -0.2) is 37.4 Å². The molecule has 3 aromatic heterocycles. The monoisotopic (exact) mass is 376 g/mol. The Hall–Kier alpha value is -3.39. The molecule has 4 aromatic rings. The summed E-state index contributed by atoms with van der Waals surface area (Å²) in [5, 5.41) is 10.5. The van der Waals surface area contributed by atoms with Gasteiger partial charge in [0.2, 0.25) is 0 Å².